The van der Waals surface area contributed by atoms with Crippen molar-refractivity contribution >= 4 is 39.4 Å². The van der Waals surface area contributed by atoms with Gasteiger partial charge in [-0.05, 0) is 12.1 Å². The van der Waals surface area contributed by atoms with Gasteiger partial charge in [0.1, 0.15) is 10.9 Å². The summed E-state index contributed by atoms with van der Waals surface area (Å²) < 4.78 is 31.1. The summed E-state index contributed by atoms with van der Waals surface area (Å²) in [6, 6.07) is -0.486. The fourth-order valence-corrected chi connectivity index (χ4v) is 2.24. The molecular weight excluding hydrogens is 342 g/mol. The number of phenols is 1. The van der Waals surface area contributed by atoms with E-state index in [0.29, 0.717) is 0 Å². The molecular formula is C10H12ClN3O7S. The number of hydrogen-bond acceptors (Lipinski definition) is 6. The van der Waals surface area contributed by atoms with Gasteiger partial charge in [-0.25, -0.2) is 4.79 Å². The second kappa shape index (κ2) is 6.79. The van der Waals surface area contributed by atoms with Gasteiger partial charge in [0, 0.05) is 11.6 Å². The number of phenolic OH excluding ortho intramolecular Hbond substituents is 1. The zero-order valence-electron chi connectivity index (χ0n) is 10.8. The molecule has 1 rings (SSSR count). The van der Waals surface area contributed by atoms with E-state index >= 15 is 0 Å². The van der Waals surface area contributed by atoms with E-state index in [1.165, 1.54) is 0 Å². The molecule has 2 amide bonds. The number of urea groups is 1. The Labute approximate surface area is 129 Å². The molecule has 122 valence electrons. The first kappa shape index (κ1) is 18.0. The lowest BCUT2D eigenvalue weighted by Crippen LogP contribution is -2.43. The van der Waals surface area contributed by atoms with Crippen molar-refractivity contribution in [1.29, 1.82) is 0 Å². The number of benzene rings is 1. The normalized spacial score (nSPS) is 12.5. The quantitative estimate of drug-likeness (QED) is 0.311. The molecule has 0 spiro atoms. The number of nitrogens with two attached hydrogens (primary N) is 1. The van der Waals surface area contributed by atoms with Gasteiger partial charge in [-0.15, -0.1) is 0 Å². The van der Waals surface area contributed by atoms with Crippen molar-refractivity contribution in [2.24, 2.45) is 5.73 Å². The Morgan fingerprint density at radius 1 is 1.36 bits per heavy atom. The van der Waals surface area contributed by atoms with Crippen LogP contribution >= 0.6 is 11.6 Å². The van der Waals surface area contributed by atoms with Crippen molar-refractivity contribution in [3.05, 3.63) is 17.2 Å². The zero-order valence-corrected chi connectivity index (χ0v) is 12.3. The number of amides is 2. The van der Waals surface area contributed by atoms with Crippen LogP contribution in [-0.4, -0.2) is 47.8 Å². The van der Waals surface area contributed by atoms with Crippen LogP contribution < -0.4 is 16.4 Å². The summed E-state index contributed by atoms with van der Waals surface area (Å²) in [5.41, 5.74) is 4.77. The predicted molar refractivity (Wildman–Crippen MR) is 75.6 cm³/mol. The second-order valence-electron chi connectivity index (χ2n) is 4.05. The van der Waals surface area contributed by atoms with Gasteiger partial charge in [0.2, 0.25) is 0 Å². The van der Waals surface area contributed by atoms with E-state index in [4.69, 9.17) is 27.0 Å². The van der Waals surface area contributed by atoms with Crippen molar-refractivity contribution in [3.8, 4) is 5.75 Å². The molecule has 0 aromatic heterocycles. The minimum Gasteiger partial charge on any atom is -0.504 e. The van der Waals surface area contributed by atoms with Crippen molar-refractivity contribution in [2.75, 3.05) is 11.9 Å². The smallest absolute Gasteiger partial charge is 0.322 e. The highest BCUT2D eigenvalue weighted by molar-refractivity contribution is 7.86. The molecule has 0 aliphatic carbocycles. The standard InChI is InChI=1S/C10H12ClN3O7S/c11-4-1-6(8(15)7(2-4)22(19,20)21)14-10(18)13-3-5(12)9(16)17/h1-2,5,15H,3,12H2,(H,16,17)(H2,13,14,18)(H,19,20,21)/t5-/m0/s1. The Kier molecular flexibility index (Phi) is 5.54. The van der Waals surface area contributed by atoms with Crippen LogP contribution in [0.5, 0.6) is 5.75 Å². The number of carbonyl (C=O) groups is 2. The molecule has 22 heavy (non-hydrogen) atoms. The average Bonchev–Trinajstić information content (AvgIpc) is 2.38. The Hall–Kier alpha value is -2.08. The first-order valence-corrected chi connectivity index (χ1v) is 7.37. The number of nitrogens with one attached hydrogen (secondary N) is 2. The van der Waals surface area contributed by atoms with Gasteiger partial charge < -0.3 is 26.6 Å². The van der Waals surface area contributed by atoms with Crippen LogP contribution in [0.15, 0.2) is 17.0 Å². The van der Waals surface area contributed by atoms with E-state index in [-0.39, 0.29) is 5.02 Å². The van der Waals surface area contributed by atoms with E-state index in [9.17, 15) is 23.1 Å². The first-order valence-electron chi connectivity index (χ1n) is 5.55. The summed E-state index contributed by atoms with van der Waals surface area (Å²) in [5.74, 6) is -2.26. The predicted octanol–water partition coefficient (Wildman–Crippen LogP) is -0.174. The van der Waals surface area contributed by atoms with Crippen LogP contribution in [0.4, 0.5) is 10.5 Å². The molecule has 0 bridgehead atoms. The molecule has 0 heterocycles. The third-order valence-corrected chi connectivity index (χ3v) is 3.45. The molecule has 7 N–H and O–H groups in total. The van der Waals surface area contributed by atoms with Crippen LogP contribution in [0, 0.1) is 0 Å². The molecule has 0 radical (unpaired) electrons. The minimum atomic E-state index is -4.76. The number of carbonyl (C=O) groups excluding carboxylic acids is 1. The van der Waals surface area contributed by atoms with Crippen LogP contribution in [-0.2, 0) is 14.9 Å². The summed E-state index contributed by atoms with van der Waals surface area (Å²) in [7, 11) is -4.76. The molecule has 0 aliphatic rings. The molecule has 1 atom stereocenters. The van der Waals surface area contributed by atoms with E-state index in [1.54, 1.807) is 0 Å². The fourth-order valence-electron chi connectivity index (χ4n) is 1.32. The highest BCUT2D eigenvalue weighted by Gasteiger charge is 2.21. The van der Waals surface area contributed by atoms with Gasteiger partial charge in [-0.1, -0.05) is 11.6 Å². The molecule has 0 saturated carbocycles. The Morgan fingerprint density at radius 2 is 1.95 bits per heavy atom. The monoisotopic (exact) mass is 353 g/mol. The van der Waals surface area contributed by atoms with Crippen LogP contribution in [0.2, 0.25) is 5.02 Å². The Balaban J connectivity index is 2.93. The van der Waals surface area contributed by atoms with Gasteiger partial charge in [0.15, 0.2) is 5.75 Å². The zero-order chi connectivity index (χ0) is 17.1. The van der Waals surface area contributed by atoms with Gasteiger partial charge in [-0.2, -0.15) is 8.42 Å². The maximum Gasteiger partial charge on any atom is 0.322 e. The summed E-state index contributed by atoms with van der Waals surface area (Å²) >= 11 is 5.62. The van der Waals surface area contributed by atoms with E-state index < -0.39 is 51.0 Å². The summed E-state index contributed by atoms with van der Waals surface area (Å²) in [6.07, 6.45) is 0. The van der Waals surface area contributed by atoms with Crippen LogP contribution in [0.25, 0.3) is 0 Å². The number of carboxylic acid groups (broad SMARTS) is 1. The maximum absolute atomic E-state index is 11.5. The molecule has 1 aromatic carbocycles. The largest absolute Gasteiger partial charge is 0.504 e. The fraction of sp³-hybridized carbons (Fsp3) is 0.200. The number of halogens is 1. The van der Waals surface area contributed by atoms with E-state index in [0.717, 1.165) is 12.1 Å². The van der Waals surface area contributed by atoms with Gasteiger partial charge in [0.05, 0.1) is 5.69 Å². The molecule has 0 saturated heterocycles. The molecule has 12 heteroatoms. The molecule has 1 aromatic rings. The van der Waals surface area contributed by atoms with Gasteiger partial charge in [-0.3, -0.25) is 9.35 Å². The maximum atomic E-state index is 11.5. The van der Waals surface area contributed by atoms with Crippen LogP contribution in [0.3, 0.4) is 0 Å². The van der Waals surface area contributed by atoms with Crippen LogP contribution in [0.1, 0.15) is 0 Å². The average molecular weight is 354 g/mol. The highest BCUT2D eigenvalue weighted by Crippen LogP contribution is 2.34. The lowest BCUT2D eigenvalue weighted by molar-refractivity contribution is -0.138. The minimum absolute atomic E-state index is 0.178. The van der Waals surface area contributed by atoms with Gasteiger partial charge >= 0.3 is 12.0 Å². The third-order valence-electron chi connectivity index (χ3n) is 2.37. The number of anilines is 1. The Morgan fingerprint density at radius 3 is 2.45 bits per heavy atom. The number of carboxylic acids is 1. The highest BCUT2D eigenvalue weighted by atomic mass is 35.5. The van der Waals surface area contributed by atoms with E-state index in [1.807, 2.05) is 5.32 Å². The topological polar surface area (TPSA) is 179 Å². The number of aromatic hydroxyl groups is 1. The van der Waals surface area contributed by atoms with Crippen molar-refractivity contribution in [1.82, 2.24) is 5.32 Å². The first-order chi connectivity index (χ1) is 10.0. The second-order valence-corrected chi connectivity index (χ2v) is 5.88. The lowest BCUT2D eigenvalue weighted by atomic mass is 10.3. The number of aliphatic carboxylic acids is 1. The molecule has 0 unspecified atom stereocenters. The molecule has 0 aliphatic heterocycles. The summed E-state index contributed by atoms with van der Waals surface area (Å²) in [6.45, 7) is -0.409. The SMILES string of the molecule is N[C@@H](CNC(=O)Nc1cc(Cl)cc(S(=O)(=O)O)c1O)C(=O)O. The van der Waals surface area contributed by atoms with Crippen molar-refractivity contribution in [3.63, 3.8) is 0 Å². The number of hydrogen-bond donors (Lipinski definition) is 6. The van der Waals surface area contributed by atoms with E-state index in [2.05, 4.69) is 5.32 Å². The lowest BCUT2D eigenvalue weighted by Gasteiger charge is -2.12. The third kappa shape index (κ3) is 4.73. The van der Waals surface area contributed by atoms with Gasteiger partial charge in [0.25, 0.3) is 10.1 Å². The van der Waals surface area contributed by atoms with Crippen molar-refractivity contribution < 1.29 is 32.8 Å². The molecule has 10 nitrogen and oxygen atoms in total. The Bertz CT molecular complexity index is 707. The summed E-state index contributed by atoms with van der Waals surface area (Å²) in [5, 5.41) is 22.2. The van der Waals surface area contributed by atoms with Crippen molar-refractivity contribution in [2.45, 2.75) is 10.9 Å². The summed E-state index contributed by atoms with van der Waals surface area (Å²) in [4.78, 5) is 21.1. The molecule has 0 fully saturated rings. The number of rotatable bonds is 5.